The number of aryl methyl sites for hydroxylation is 2. The van der Waals surface area contributed by atoms with Crippen molar-refractivity contribution in [3.8, 4) is 0 Å². The van der Waals surface area contributed by atoms with Crippen molar-refractivity contribution in [3.05, 3.63) is 71.8 Å². The van der Waals surface area contributed by atoms with Gasteiger partial charge in [-0.1, -0.05) is 116 Å². The van der Waals surface area contributed by atoms with E-state index in [1.54, 1.807) is 20.8 Å². The highest BCUT2D eigenvalue weighted by atomic mass is 16.5. The van der Waals surface area contributed by atoms with Crippen LogP contribution in [0.1, 0.15) is 135 Å². The minimum Gasteiger partial charge on any atom is -0.394 e. The van der Waals surface area contributed by atoms with Crippen LogP contribution < -0.4 is 47.1 Å². The van der Waals surface area contributed by atoms with Gasteiger partial charge in [0, 0.05) is 34.2 Å². The summed E-state index contributed by atoms with van der Waals surface area (Å²) in [6.45, 7) is 47.0. The molecule has 444 valence electrons. The van der Waals surface area contributed by atoms with Crippen molar-refractivity contribution in [1.82, 2.24) is 23.4 Å². The van der Waals surface area contributed by atoms with E-state index in [1.807, 2.05) is 92.1 Å². The van der Waals surface area contributed by atoms with Crippen LogP contribution in [0.3, 0.4) is 0 Å². The van der Waals surface area contributed by atoms with E-state index >= 15 is 0 Å². The molecule has 1 aliphatic heterocycles. The molecule has 0 spiro atoms. The van der Waals surface area contributed by atoms with Crippen LogP contribution in [0.5, 0.6) is 0 Å². The van der Waals surface area contributed by atoms with Gasteiger partial charge in [-0.25, -0.2) is 0 Å². The number of likely N-dealkylation sites (tertiary alicyclic amines) is 1. The molecule has 0 radical (unpaired) electrons. The average Bonchev–Trinajstić information content (AvgIpc) is 3.45. The minimum atomic E-state index is -0.167. The Labute approximate surface area is 445 Å². The van der Waals surface area contributed by atoms with Crippen LogP contribution in [-0.4, -0.2) is 137 Å². The SMILES string of the molecule is C=O.C=O.C=O.C=O.C=O.C=O.C=O.C=O.CC.CC(=O)N1CCCCC1.CC(C)O.CCC(C)C.CCOC(C)(C)C.CCc1ccccc1.CCc1ccccc1.CN.CN.CN.CN.CN.N.N.N.[HH]. The molecule has 1 amide bonds. The Morgan fingerprint density at radius 1 is 0.542 bits per heavy atom. The van der Waals surface area contributed by atoms with E-state index in [-0.39, 0.29) is 37.5 Å². The molecular formula is C52H125N9O11. The van der Waals surface area contributed by atoms with E-state index in [0.717, 1.165) is 38.5 Å². The van der Waals surface area contributed by atoms with Gasteiger partial charge in [0.2, 0.25) is 5.91 Å². The highest BCUT2D eigenvalue weighted by molar-refractivity contribution is 5.73. The second kappa shape index (κ2) is 183. The predicted molar refractivity (Wildman–Crippen MR) is 318 cm³/mol. The lowest BCUT2D eigenvalue weighted by molar-refractivity contribution is -0.129. The maximum atomic E-state index is 10.7. The van der Waals surface area contributed by atoms with Crippen LogP contribution in [0, 0.1) is 5.92 Å². The van der Waals surface area contributed by atoms with E-state index in [0.29, 0.717) is 0 Å². The first-order chi connectivity index (χ1) is 33.2. The number of nitrogens with zero attached hydrogens (tertiary/aromatic N) is 1. The molecule has 1 saturated heterocycles. The van der Waals surface area contributed by atoms with Crippen LogP contribution in [-0.2, 0) is 60.7 Å². The number of aliphatic hydroxyl groups is 1. The number of nitrogens with two attached hydrogens (primary N) is 5. The summed E-state index contributed by atoms with van der Waals surface area (Å²) in [7, 11) is 7.50. The van der Waals surface area contributed by atoms with Crippen molar-refractivity contribution in [2.24, 2.45) is 34.6 Å². The van der Waals surface area contributed by atoms with Crippen LogP contribution in [0.15, 0.2) is 60.7 Å². The molecule has 72 heavy (non-hydrogen) atoms. The summed E-state index contributed by atoms with van der Waals surface area (Å²) in [6, 6.07) is 20.9. The maximum Gasteiger partial charge on any atom is 0.219 e. The zero-order valence-corrected chi connectivity index (χ0v) is 49.9. The molecule has 2 aromatic carbocycles. The normalized spacial score (nSPS) is 7.79. The van der Waals surface area contributed by atoms with Gasteiger partial charge in [-0.15, -0.1) is 0 Å². The monoisotopic (exact) mass is 1050 g/mol. The van der Waals surface area contributed by atoms with Crippen LogP contribution >= 0.6 is 0 Å². The van der Waals surface area contributed by atoms with E-state index in [2.05, 4.69) is 133 Å². The Morgan fingerprint density at radius 3 is 0.819 bits per heavy atom. The van der Waals surface area contributed by atoms with Crippen LogP contribution in [0.25, 0.3) is 0 Å². The minimum absolute atomic E-state index is 0. The second-order valence-electron chi connectivity index (χ2n) is 11.7. The molecule has 0 bridgehead atoms. The standard InChI is InChI=1S/2C8H10.C7H13NO.C6H14O.C5H12.C3H8O.C2H6.5CH5N.8CH2O.3H3N.H2/c2*1-2-8-6-4-3-5-7-8;1-7(9)8-5-3-2-4-6-8;1-5-7-6(2,3)4;1-4-5(2)3;1-3(2)4;14*1-2;;;;/h2*3-7H,2H2,1H3;2-6H2,1H3;5H2,1-4H3;5H,4H2,1-3H3;3-4H,1-2H3;1-2H3;5*2H2,1H3;8*1H2;3*1H3;1H. The number of carbonyl (C=O) groups is 9. The molecule has 20 heteroatoms. The number of aliphatic hydroxyl groups excluding tert-OH is 1. The highest BCUT2D eigenvalue weighted by Gasteiger charge is 2.11. The molecule has 0 aliphatic carbocycles. The Balaban J connectivity index is -0.0000000213. The third kappa shape index (κ3) is 245. The average molecular weight is 1050 g/mol. The Bertz CT molecular complexity index is 899. The molecule has 0 aromatic heterocycles. The smallest absolute Gasteiger partial charge is 0.219 e. The van der Waals surface area contributed by atoms with E-state index in [1.165, 1.54) is 72.0 Å². The molecular weight excluding hydrogens is 927 g/mol. The summed E-state index contributed by atoms with van der Waals surface area (Å²) in [5.41, 5.74) is 25.4. The quantitative estimate of drug-likeness (QED) is 0.140. The van der Waals surface area contributed by atoms with Gasteiger partial charge in [0.05, 0.1) is 5.60 Å². The lowest BCUT2D eigenvalue weighted by Gasteiger charge is -2.24. The van der Waals surface area contributed by atoms with Gasteiger partial charge >= 0.3 is 0 Å². The topological polar surface area (TPSA) is 421 Å². The molecule has 0 saturated carbocycles. The van der Waals surface area contributed by atoms with Crippen molar-refractivity contribution in [1.29, 1.82) is 0 Å². The summed E-state index contributed by atoms with van der Waals surface area (Å²) >= 11 is 0. The Hall–Kier alpha value is -5.13. The number of ether oxygens (including phenoxy) is 1. The summed E-state index contributed by atoms with van der Waals surface area (Å²) in [5.74, 6) is 1.12. The van der Waals surface area contributed by atoms with Gasteiger partial charge < -0.3 is 100 Å². The number of piperidine rings is 1. The first kappa shape index (κ1) is 132. The van der Waals surface area contributed by atoms with Gasteiger partial charge in [-0.2, -0.15) is 0 Å². The van der Waals surface area contributed by atoms with Crippen molar-refractivity contribution < 1.29 is 54.4 Å². The van der Waals surface area contributed by atoms with Crippen molar-refractivity contribution in [3.63, 3.8) is 0 Å². The fourth-order valence-electron chi connectivity index (χ4n) is 3.07. The van der Waals surface area contributed by atoms with Crippen molar-refractivity contribution in [2.45, 2.75) is 147 Å². The molecule has 0 unspecified atom stereocenters. The number of rotatable bonds is 4. The van der Waals surface area contributed by atoms with E-state index in [9.17, 15) is 4.79 Å². The fraction of sp³-hybridized carbons (Fsp3) is 0.596. The molecule has 1 fully saturated rings. The van der Waals surface area contributed by atoms with E-state index in [4.69, 9.17) is 48.2 Å². The number of hydrogen-bond donors (Lipinski definition) is 9. The fourth-order valence-corrected chi connectivity index (χ4v) is 3.07. The second-order valence-corrected chi connectivity index (χ2v) is 11.7. The van der Waals surface area contributed by atoms with Crippen molar-refractivity contribution >= 4 is 60.2 Å². The molecule has 20 N–H and O–H groups in total. The zero-order chi connectivity index (χ0) is 60.1. The number of benzene rings is 2. The first-order valence-corrected chi connectivity index (χ1v) is 22.1. The van der Waals surface area contributed by atoms with Crippen LogP contribution in [0.2, 0.25) is 0 Å². The lowest BCUT2D eigenvalue weighted by atomic mass is 10.1. The maximum absolute atomic E-state index is 10.7. The van der Waals surface area contributed by atoms with Gasteiger partial charge in [-0.3, -0.25) is 4.79 Å². The molecule has 1 heterocycles. The van der Waals surface area contributed by atoms with Gasteiger partial charge in [0.1, 0.15) is 54.3 Å². The number of amides is 1. The molecule has 1 aliphatic rings. The molecule has 2 aromatic rings. The third-order valence-corrected chi connectivity index (χ3v) is 5.70. The summed E-state index contributed by atoms with van der Waals surface area (Å²) < 4.78 is 5.23. The molecule has 20 nitrogen and oxygen atoms in total. The van der Waals surface area contributed by atoms with Gasteiger partial charge in [-0.05, 0) is 126 Å². The lowest BCUT2D eigenvalue weighted by Crippen LogP contribution is -2.33. The predicted octanol–water partition coefficient (Wildman–Crippen LogP) is 7.93. The molecule has 0 atom stereocenters. The molecule has 3 rings (SSSR count). The largest absolute Gasteiger partial charge is 0.394 e. The summed E-state index contributed by atoms with van der Waals surface area (Å²) in [6.07, 6.45) is 7.10. The Morgan fingerprint density at radius 2 is 0.736 bits per heavy atom. The number of hydrogen-bond acceptors (Lipinski definition) is 19. The highest BCUT2D eigenvalue weighted by Crippen LogP contribution is 2.08. The van der Waals surface area contributed by atoms with Crippen molar-refractivity contribution in [2.75, 3.05) is 54.9 Å². The van der Waals surface area contributed by atoms with E-state index < -0.39 is 0 Å². The third-order valence-electron chi connectivity index (χ3n) is 5.70. The summed E-state index contributed by atoms with van der Waals surface area (Å²) in [4.78, 5) is 76.6. The van der Waals surface area contributed by atoms with Gasteiger partial charge in [0.15, 0.2) is 0 Å². The first-order valence-electron chi connectivity index (χ1n) is 22.1. The Kier molecular flexibility index (Phi) is 337. The zero-order valence-electron chi connectivity index (χ0n) is 49.9. The number of carbonyl (C=O) groups excluding carboxylic acids is 9. The van der Waals surface area contributed by atoms with Crippen LogP contribution in [0.4, 0.5) is 0 Å². The van der Waals surface area contributed by atoms with Gasteiger partial charge in [0.25, 0.3) is 0 Å². The summed E-state index contributed by atoms with van der Waals surface area (Å²) in [5, 5.41) is 8.06.